The van der Waals surface area contributed by atoms with Crippen LogP contribution in [-0.4, -0.2) is 22.8 Å². The van der Waals surface area contributed by atoms with Gasteiger partial charge in [0.2, 0.25) is 0 Å². The summed E-state index contributed by atoms with van der Waals surface area (Å²) < 4.78 is 8.76. The maximum Gasteiger partial charge on any atom is 0.0762 e. The minimum Gasteiger partial charge on any atom is -0.370 e. The lowest BCUT2D eigenvalue weighted by atomic mass is 9.98. The van der Waals surface area contributed by atoms with E-state index in [0.29, 0.717) is 6.10 Å². The number of hydrogen-bond acceptors (Lipinski definition) is 2. The normalized spacial score (nSPS) is 25.4. The lowest BCUT2D eigenvalue weighted by Crippen LogP contribution is -2.27. The smallest absolute Gasteiger partial charge is 0.0762 e. The first-order valence-electron chi connectivity index (χ1n) is 7.84. The molecule has 1 saturated carbocycles. The first kappa shape index (κ1) is 13.2. The van der Waals surface area contributed by atoms with Gasteiger partial charge in [-0.1, -0.05) is 19.8 Å². The van der Waals surface area contributed by atoms with Crippen molar-refractivity contribution in [2.24, 2.45) is 0 Å². The maximum atomic E-state index is 6.40. The van der Waals surface area contributed by atoms with Gasteiger partial charge in [0.25, 0.3) is 0 Å². The molecule has 1 aromatic heterocycles. The van der Waals surface area contributed by atoms with Crippen molar-refractivity contribution in [3.05, 3.63) is 24.0 Å². The summed E-state index contributed by atoms with van der Waals surface area (Å²) in [5.41, 5.74) is 1.64. The molecule has 0 bridgehead atoms. The Morgan fingerprint density at radius 1 is 1.37 bits per heavy atom. The summed E-state index contributed by atoms with van der Waals surface area (Å²) in [6.45, 7) is 5.16. The molecule has 3 nitrogen and oxygen atoms in total. The van der Waals surface area contributed by atoms with Crippen LogP contribution in [0.2, 0.25) is 0 Å². The number of nitrogens with one attached hydrogen (secondary N) is 1. The molecule has 1 saturated heterocycles. The summed E-state index contributed by atoms with van der Waals surface area (Å²) >= 11 is 0. The van der Waals surface area contributed by atoms with Gasteiger partial charge in [-0.25, -0.2) is 0 Å². The van der Waals surface area contributed by atoms with Crippen molar-refractivity contribution in [2.75, 3.05) is 6.54 Å². The van der Waals surface area contributed by atoms with E-state index in [-0.39, 0.29) is 5.60 Å². The Hall–Kier alpha value is -0.800. The molecule has 1 aromatic rings. The maximum absolute atomic E-state index is 6.40. The molecule has 1 unspecified atom stereocenters. The van der Waals surface area contributed by atoms with Gasteiger partial charge >= 0.3 is 0 Å². The molecule has 3 heteroatoms. The van der Waals surface area contributed by atoms with E-state index < -0.39 is 0 Å². The number of ether oxygens (including phenoxy) is 1. The Morgan fingerprint density at radius 2 is 2.21 bits per heavy atom. The zero-order valence-corrected chi connectivity index (χ0v) is 12.0. The van der Waals surface area contributed by atoms with Gasteiger partial charge in [0.1, 0.15) is 0 Å². The van der Waals surface area contributed by atoms with E-state index in [4.69, 9.17) is 4.74 Å². The van der Waals surface area contributed by atoms with Crippen LogP contribution in [0.1, 0.15) is 51.1 Å². The molecule has 1 spiro atoms. The molecular weight excluding hydrogens is 236 g/mol. The molecule has 2 aliphatic rings. The molecule has 0 aromatic carbocycles. The van der Waals surface area contributed by atoms with Crippen LogP contribution in [0.5, 0.6) is 0 Å². The topological polar surface area (TPSA) is 26.2 Å². The van der Waals surface area contributed by atoms with Gasteiger partial charge in [0, 0.05) is 25.0 Å². The largest absolute Gasteiger partial charge is 0.370 e. The van der Waals surface area contributed by atoms with Crippen LogP contribution >= 0.6 is 0 Å². The summed E-state index contributed by atoms with van der Waals surface area (Å²) in [6, 6.07) is 4.36. The van der Waals surface area contributed by atoms with Gasteiger partial charge in [-0.15, -0.1) is 0 Å². The predicted octanol–water partition coefficient (Wildman–Crippen LogP) is 3.09. The standard InChI is InChI=1S/C16H26N2O/c1-2-17-12-14-6-5-11-18(14)13-15-7-10-16(19-15)8-3-4-9-16/h5-6,11,15,17H,2-4,7-10,12-13H2,1H3. The third kappa shape index (κ3) is 2.87. The SMILES string of the molecule is CCNCc1cccn1CC1CCC2(CCCC2)O1. The second-order valence-corrected chi connectivity index (χ2v) is 6.10. The minimum atomic E-state index is 0.264. The summed E-state index contributed by atoms with van der Waals surface area (Å²) in [6.07, 6.45) is 10.4. The number of hydrogen-bond donors (Lipinski definition) is 1. The fourth-order valence-corrected chi connectivity index (χ4v) is 3.67. The van der Waals surface area contributed by atoms with E-state index in [9.17, 15) is 0 Å². The molecule has 2 heterocycles. The predicted molar refractivity (Wildman–Crippen MR) is 77.1 cm³/mol. The molecule has 2 fully saturated rings. The minimum absolute atomic E-state index is 0.264. The molecule has 0 radical (unpaired) electrons. The molecule has 19 heavy (non-hydrogen) atoms. The number of aromatic nitrogens is 1. The zero-order chi connectivity index (χ0) is 13.1. The molecule has 1 N–H and O–H groups in total. The molecule has 0 amide bonds. The summed E-state index contributed by atoms with van der Waals surface area (Å²) in [7, 11) is 0. The Kier molecular flexibility index (Phi) is 3.94. The third-order valence-corrected chi connectivity index (χ3v) is 4.73. The third-order valence-electron chi connectivity index (χ3n) is 4.73. The average molecular weight is 262 g/mol. The highest BCUT2D eigenvalue weighted by molar-refractivity contribution is 5.07. The second-order valence-electron chi connectivity index (χ2n) is 6.10. The van der Waals surface area contributed by atoms with Gasteiger partial charge in [0.05, 0.1) is 11.7 Å². The second kappa shape index (κ2) is 5.68. The Morgan fingerprint density at radius 3 is 3.00 bits per heavy atom. The van der Waals surface area contributed by atoms with Gasteiger partial charge < -0.3 is 14.6 Å². The average Bonchev–Trinajstić information content (AvgIpc) is 3.12. The Bertz CT molecular complexity index is 407. The van der Waals surface area contributed by atoms with Crippen LogP contribution in [0.4, 0.5) is 0 Å². The van der Waals surface area contributed by atoms with E-state index in [1.165, 1.54) is 44.2 Å². The van der Waals surface area contributed by atoms with Crippen molar-refractivity contribution >= 4 is 0 Å². The van der Waals surface area contributed by atoms with Crippen LogP contribution < -0.4 is 5.32 Å². The van der Waals surface area contributed by atoms with Crippen molar-refractivity contribution in [3.8, 4) is 0 Å². The Labute approximate surface area is 116 Å². The van der Waals surface area contributed by atoms with Crippen LogP contribution in [0, 0.1) is 0 Å². The van der Waals surface area contributed by atoms with Crippen LogP contribution in [0.3, 0.4) is 0 Å². The van der Waals surface area contributed by atoms with Gasteiger partial charge in [-0.05, 0) is 44.4 Å². The first-order chi connectivity index (χ1) is 9.31. The summed E-state index contributed by atoms with van der Waals surface area (Å²) in [5, 5.41) is 3.40. The lowest BCUT2D eigenvalue weighted by Gasteiger charge is -2.24. The zero-order valence-electron chi connectivity index (χ0n) is 12.0. The Balaban J connectivity index is 1.58. The van der Waals surface area contributed by atoms with Crippen molar-refractivity contribution < 1.29 is 4.74 Å². The fourth-order valence-electron chi connectivity index (χ4n) is 3.67. The highest BCUT2D eigenvalue weighted by Gasteiger charge is 2.42. The molecular formula is C16H26N2O. The molecule has 3 rings (SSSR count). The van der Waals surface area contributed by atoms with Crippen LogP contribution in [0.25, 0.3) is 0 Å². The van der Waals surface area contributed by atoms with Crippen molar-refractivity contribution in [2.45, 2.75) is 70.2 Å². The first-order valence-corrected chi connectivity index (χ1v) is 7.84. The quantitative estimate of drug-likeness (QED) is 0.882. The molecule has 1 aliphatic heterocycles. The van der Waals surface area contributed by atoms with E-state index >= 15 is 0 Å². The molecule has 1 aliphatic carbocycles. The summed E-state index contributed by atoms with van der Waals surface area (Å²) in [5.74, 6) is 0. The van der Waals surface area contributed by atoms with E-state index in [1.54, 1.807) is 0 Å². The highest BCUT2D eigenvalue weighted by atomic mass is 16.5. The summed E-state index contributed by atoms with van der Waals surface area (Å²) in [4.78, 5) is 0. The van der Waals surface area contributed by atoms with Crippen molar-refractivity contribution in [3.63, 3.8) is 0 Å². The lowest BCUT2D eigenvalue weighted by molar-refractivity contribution is -0.0420. The van der Waals surface area contributed by atoms with Crippen molar-refractivity contribution in [1.82, 2.24) is 9.88 Å². The fraction of sp³-hybridized carbons (Fsp3) is 0.750. The monoisotopic (exact) mass is 262 g/mol. The highest BCUT2D eigenvalue weighted by Crippen LogP contribution is 2.43. The van der Waals surface area contributed by atoms with E-state index in [1.807, 2.05) is 0 Å². The molecule has 106 valence electrons. The van der Waals surface area contributed by atoms with Gasteiger partial charge in [-0.2, -0.15) is 0 Å². The van der Waals surface area contributed by atoms with Crippen LogP contribution in [-0.2, 0) is 17.8 Å². The number of rotatable bonds is 5. The van der Waals surface area contributed by atoms with Crippen LogP contribution in [0.15, 0.2) is 18.3 Å². The van der Waals surface area contributed by atoms with Gasteiger partial charge in [-0.3, -0.25) is 0 Å². The van der Waals surface area contributed by atoms with Crippen molar-refractivity contribution in [1.29, 1.82) is 0 Å². The number of nitrogens with zero attached hydrogens (tertiary/aromatic N) is 1. The van der Waals surface area contributed by atoms with E-state index in [0.717, 1.165) is 19.6 Å². The van der Waals surface area contributed by atoms with E-state index in [2.05, 4.69) is 35.1 Å². The molecule has 1 atom stereocenters. The van der Waals surface area contributed by atoms with Gasteiger partial charge in [0.15, 0.2) is 0 Å².